The molecular formula is C17H15ClN4O2. The van der Waals surface area contributed by atoms with Crippen LogP contribution in [0.4, 0.5) is 0 Å². The maximum atomic E-state index is 12.3. The summed E-state index contributed by atoms with van der Waals surface area (Å²) in [4.78, 5) is 12.3. The van der Waals surface area contributed by atoms with Crippen LogP contribution >= 0.6 is 11.6 Å². The van der Waals surface area contributed by atoms with Crippen LogP contribution in [0.2, 0.25) is 5.02 Å². The van der Waals surface area contributed by atoms with Crippen molar-refractivity contribution in [3.8, 4) is 11.3 Å². The molecule has 0 saturated heterocycles. The Balaban J connectivity index is 1.46. The van der Waals surface area contributed by atoms with E-state index in [0.29, 0.717) is 17.3 Å². The molecule has 0 fully saturated rings. The van der Waals surface area contributed by atoms with Crippen molar-refractivity contribution in [3.05, 3.63) is 58.8 Å². The smallest absolute Gasteiger partial charge is 0.287 e. The van der Waals surface area contributed by atoms with Gasteiger partial charge in [0.15, 0.2) is 11.6 Å². The number of rotatable bonds is 4. The van der Waals surface area contributed by atoms with Gasteiger partial charge in [-0.25, -0.2) is 0 Å². The van der Waals surface area contributed by atoms with E-state index in [4.69, 9.17) is 16.0 Å². The Morgan fingerprint density at radius 1 is 1.25 bits per heavy atom. The average molecular weight is 343 g/mol. The molecule has 0 saturated carbocycles. The summed E-state index contributed by atoms with van der Waals surface area (Å²) in [5.74, 6) is 2.27. The molecule has 1 aromatic carbocycles. The standard InChI is InChI=1S/C17H15ClN4O2/c18-12-5-2-1-4-11(12)13-7-8-14(24-13)17(23)19-10-16-21-20-15-6-3-9-22(15)16/h1-2,4-5,7-8H,3,6,9-10H2,(H,19,23). The molecule has 2 aromatic heterocycles. The number of halogens is 1. The van der Waals surface area contributed by atoms with Crippen LogP contribution in [-0.2, 0) is 19.5 Å². The largest absolute Gasteiger partial charge is 0.451 e. The van der Waals surface area contributed by atoms with Gasteiger partial charge in [-0.3, -0.25) is 4.79 Å². The lowest BCUT2D eigenvalue weighted by Crippen LogP contribution is -2.24. The molecule has 122 valence electrons. The molecule has 4 rings (SSSR count). The van der Waals surface area contributed by atoms with Gasteiger partial charge >= 0.3 is 0 Å². The van der Waals surface area contributed by atoms with Crippen LogP contribution < -0.4 is 5.32 Å². The maximum absolute atomic E-state index is 12.3. The van der Waals surface area contributed by atoms with Gasteiger partial charge in [-0.1, -0.05) is 23.7 Å². The minimum atomic E-state index is -0.288. The molecule has 0 radical (unpaired) electrons. The molecule has 24 heavy (non-hydrogen) atoms. The number of fused-ring (bicyclic) bond motifs is 1. The number of furan rings is 1. The van der Waals surface area contributed by atoms with Gasteiger partial charge in [0.05, 0.1) is 11.6 Å². The first kappa shape index (κ1) is 15.0. The van der Waals surface area contributed by atoms with E-state index >= 15 is 0 Å². The summed E-state index contributed by atoms with van der Waals surface area (Å²) in [6.45, 7) is 1.24. The fourth-order valence-corrected chi connectivity index (χ4v) is 3.08. The second kappa shape index (κ2) is 6.13. The molecule has 0 atom stereocenters. The number of aromatic nitrogens is 3. The van der Waals surface area contributed by atoms with E-state index in [2.05, 4.69) is 20.1 Å². The molecule has 0 aliphatic carbocycles. The number of amides is 1. The van der Waals surface area contributed by atoms with Gasteiger partial charge in [0, 0.05) is 18.5 Å². The Kier molecular flexibility index (Phi) is 3.82. The van der Waals surface area contributed by atoms with Crippen molar-refractivity contribution in [2.45, 2.75) is 25.9 Å². The lowest BCUT2D eigenvalue weighted by Gasteiger charge is -2.04. The van der Waals surface area contributed by atoms with Crippen LogP contribution in [0.1, 0.15) is 28.6 Å². The molecule has 6 nitrogen and oxygen atoms in total. The van der Waals surface area contributed by atoms with Crippen molar-refractivity contribution < 1.29 is 9.21 Å². The van der Waals surface area contributed by atoms with Gasteiger partial charge in [-0.05, 0) is 30.7 Å². The molecule has 1 aliphatic heterocycles. The number of benzene rings is 1. The fourth-order valence-electron chi connectivity index (χ4n) is 2.85. The minimum Gasteiger partial charge on any atom is -0.451 e. The van der Waals surface area contributed by atoms with Gasteiger partial charge in [0.2, 0.25) is 0 Å². The van der Waals surface area contributed by atoms with Crippen LogP contribution in [0.15, 0.2) is 40.8 Å². The third-order valence-electron chi connectivity index (χ3n) is 4.06. The van der Waals surface area contributed by atoms with Gasteiger partial charge < -0.3 is 14.3 Å². The van der Waals surface area contributed by atoms with E-state index < -0.39 is 0 Å². The summed E-state index contributed by atoms with van der Waals surface area (Å²) >= 11 is 6.15. The quantitative estimate of drug-likeness (QED) is 0.790. The summed E-state index contributed by atoms with van der Waals surface area (Å²) in [6, 6.07) is 10.7. The highest BCUT2D eigenvalue weighted by molar-refractivity contribution is 6.33. The van der Waals surface area contributed by atoms with Gasteiger partial charge in [0.25, 0.3) is 5.91 Å². The van der Waals surface area contributed by atoms with Gasteiger partial charge in [-0.2, -0.15) is 0 Å². The van der Waals surface area contributed by atoms with Crippen LogP contribution in [0.25, 0.3) is 11.3 Å². The predicted octanol–water partition coefficient (Wildman–Crippen LogP) is 3.07. The van der Waals surface area contributed by atoms with Crippen molar-refractivity contribution in [3.63, 3.8) is 0 Å². The first-order chi connectivity index (χ1) is 11.7. The number of carbonyl (C=O) groups excluding carboxylic acids is 1. The molecule has 7 heteroatoms. The summed E-state index contributed by atoms with van der Waals surface area (Å²) in [5, 5.41) is 11.6. The molecule has 3 heterocycles. The Bertz CT molecular complexity index is 900. The van der Waals surface area contributed by atoms with Crippen LogP contribution in [0.3, 0.4) is 0 Å². The normalized spacial score (nSPS) is 13.0. The third kappa shape index (κ3) is 2.69. The number of hydrogen-bond donors (Lipinski definition) is 1. The molecule has 1 aliphatic rings. The number of carbonyl (C=O) groups is 1. The lowest BCUT2D eigenvalue weighted by molar-refractivity contribution is 0.0922. The highest BCUT2D eigenvalue weighted by Gasteiger charge is 2.19. The van der Waals surface area contributed by atoms with E-state index in [1.165, 1.54) is 0 Å². The minimum absolute atomic E-state index is 0.242. The highest BCUT2D eigenvalue weighted by Crippen LogP contribution is 2.29. The SMILES string of the molecule is O=C(NCc1nnc2n1CCC2)c1ccc(-c2ccccc2Cl)o1. The van der Waals surface area contributed by atoms with E-state index in [-0.39, 0.29) is 11.7 Å². The number of nitrogens with zero attached hydrogens (tertiary/aromatic N) is 3. The zero-order chi connectivity index (χ0) is 16.5. The van der Waals surface area contributed by atoms with E-state index in [1.54, 1.807) is 18.2 Å². The van der Waals surface area contributed by atoms with E-state index in [0.717, 1.165) is 36.6 Å². The number of nitrogens with one attached hydrogen (secondary N) is 1. The summed E-state index contributed by atoms with van der Waals surface area (Å²) in [7, 11) is 0. The van der Waals surface area contributed by atoms with Crippen LogP contribution in [0.5, 0.6) is 0 Å². The second-order valence-electron chi connectivity index (χ2n) is 5.61. The molecule has 0 unspecified atom stereocenters. The summed E-state index contributed by atoms with van der Waals surface area (Å²) in [6.07, 6.45) is 2.02. The molecule has 1 amide bonds. The molecule has 0 spiro atoms. The topological polar surface area (TPSA) is 73.0 Å². The summed E-state index contributed by atoms with van der Waals surface area (Å²) < 4.78 is 7.69. The van der Waals surface area contributed by atoms with Crippen molar-refractivity contribution >= 4 is 17.5 Å². The van der Waals surface area contributed by atoms with E-state index in [1.807, 2.05) is 18.2 Å². The van der Waals surface area contributed by atoms with Crippen LogP contribution in [0, 0.1) is 0 Å². The molecule has 0 bridgehead atoms. The second-order valence-corrected chi connectivity index (χ2v) is 6.02. The number of hydrogen-bond acceptors (Lipinski definition) is 4. The lowest BCUT2D eigenvalue weighted by atomic mass is 10.2. The fraction of sp³-hybridized carbons (Fsp3) is 0.235. The van der Waals surface area contributed by atoms with Crippen molar-refractivity contribution in [2.75, 3.05) is 0 Å². The van der Waals surface area contributed by atoms with Gasteiger partial charge in [-0.15, -0.1) is 10.2 Å². The third-order valence-corrected chi connectivity index (χ3v) is 4.39. The van der Waals surface area contributed by atoms with Gasteiger partial charge in [0.1, 0.15) is 11.6 Å². The average Bonchev–Trinajstić information content (AvgIpc) is 3.30. The number of aryl methyl sites for hydroxylation is 1. The highest BCUT2D eigenvalue weighted by atomic mass is 35.5. The van der Waals surface area contributed by atoms with E-state index in [9.17, 15) is 4.79 Å². The first-order valence-corrected chi connectivity index (χ1v) is 8.14. The Hall–Kier alpha value is -2.60. The molecule has 3 aromatic rings. The Labute approximate surface area is 143 Å². The van der Waals surface area contributed by atoms with Crippen molar-refractivity contribution in [1.82, 2.24) is 20.1 Å². The maximum Gasteiger partial charge on any atom is 0.287 e. The zero-order valence-electron chi connectivity index (χ0n) is 12.8. The molecule has 1 N–H and O–H groups in total. The zero-order valence-corrected chi connectivity index (χ0v) is 13.6. The van der Waals surface area contributed by atoms with Crippen LogP contribution in [-0.4, -0.2) is 20.7 Å². The Morgan fingerprint density at radius 2 is 2.12 bits per heavy atom. The Morgan fingerprint density at radius 3 is 3.00 bits per heavy atom. The summed E-state index contributed by atoms with van der Waals surface area (Å²) in [5.41, 5.74) is 0.758. The predicted molar refractivity (Wildman–Crippen MR) is 88.7 cm³/mol. The van der Waals surface area contributed by atoms with Crippen molar-refractivity contribution in [1.29, 1.82) is 0 Å². The monoisotopic (exact) mass is 342 g/mol. The molecular weight excluding hydrogens is 328 g/mol. The van der Waals surface area contributed by atoms with Crippen molar-refractivity contribution in [2.24, 2.45) is 0 Å². The first-order valence-electron chi connectivity index (χ1n) is 7.76.